The lowest BCUT2D eigenvalue weighted by molar-refractivity contribution is -0.141. The van der Waals surface area contributed by atoms with E-state index in [1.165, 1.54) is 18.2 Å². The van der Waals surface area contributed by atoms with Gasteiger partial charge in [-0.25, -0.2) is 12.8 Å². The third-order valence-electron chi connectivity index (χ3n) is 6.58. The minimum absolute atomic E-state index is 0.0212. The van der Waals surface area contributed by atoms with Gasteiger partial charge in [0.25, 0.3) is 0 Å². The van der Waals surface area contributed by atoms with Crippen LogP contribution in [-0.2, 0) is 32.6 Å². The van der Waals surface area contributed by atoms with E-state index in [2.05, 4.69) is 5.32 Å². The van der Waals surface area contributed by atoms with Crippen molar-refractivity contribution in [1.82, 2.24) is 10.2 Å². The SMILES string of the molecule is Cc1ccccc1CN(C(=O)CCCN(c1ccccc1F)S(C)(=O)=O)C(Cc1ccccc1)C(=O)NC(C)C. The number of anilines is 1. The van der Waals surface area contributed by atoms with E-state index in [9.17, 15) is 22.4 Å². The Bertz CT molecular complexity index is 1400. The Hall–Kier alpha value is -3.72. The molecule has 1 N–H and O–H groups in total. The monoisotopic (exact) mass is 567 g/mol. The van der Waals surface area contributed by atoms with Crippen LogP contribution in [0.25, 0.3) is 0 Å². The summed E-state index contributed by atoms with van der Waals surface area (Å²) in [6.07, 6.45) is 1.46. The van der Waals surface area contributed by atoms with Crippen molar-refractivity contribution < 1.29 is 22.4 Å². The number of para-hydroxylation sites is 1. The molecule has 1 unspecified atom stereocenters. The predicted molar refractivity (Wildman–Crippen MR) is 157 cm³/mol. The molecule has 1 atom stereocenters. The molecular weight excluding hydrogens is 529 g/mol. The number of hydrogen-bond donors (Lipinski definition) is 1. The molecule has 0 heterocycles. The molecule has 0 aliphatic rings. The number of nitrogens with zero attached hydrogens (tertiary/aromatic N) is 2. The number of carbonyl (C=O) groups is 2. The topological polar surface area (TPSA) is 86.8 Å². The number of rotatable bonds is 13. The lowest BCUT2D eigenvalue weighted by atomic mass is 10.0. The molecule has 0 aliphatic carbocycles. The fourth-order valence-corrected chi connectivity index (χ4v) is 5.51. The van der Waals surface area contributed by atoms with Gasteiger partial charge in [0.05, 0.1) is 11.9 Å². The van der Waals surface area contributed by atoms with Gasteiger partial charge in [-0.05, 0) is 56.0 Å². The van der Waals surface area contributed by atoms with Gasteiger partial charge in [-0.1, -0.05) is 66.7 Å². The van der Waals surface area contributed by atoms with Crippen LogP contribution in [0.5, 0.6) is 0 Å². The van der Waals surface area contributed by atoms with Crippen molar-refractivity contribution in [3.05, 3.63) is 101 Å². The number of halogens is 1. The van der Waals surface area contributed by atoms with Crippen molar-refractivity contribution in [3.8, 4) is 0 Å². The molecule has 0 aliphatic heterocycles. The Labute approximate surface area is 237 Å². The standard InChI is InChI=1S/C31H38FN3O4S/c1-23(2)33-31(37)29(21-25-14-6-5-7-15-25)34(22-26-16-9-8-13-24(26)3)30(36)19-12-20-35(40(4,38)39)28-18-11-10-17-27(28)32/h5-11,13-18,23,29H,12,19-22H2,1-4H3,(H,33,37). The fraction of sp³-hybridized carbons (Fsp3) is 0.355. The smallest absolute Gasteiger partial charge is 0.243 e. The third-order valence-corrected chi connectivity index (χ3v) is 7.76. The molecular formula is C31H38FN3O4S. The molecule has 0 saturated carbocycles. The second-order valence-electron chi connectivity index (χ2n) is 10.2. The van der Waals surface area contributed by atoms with E-state index in [1.54, 1.807) is 11.0 Å². The van der Waals surface area contributed by atoms with Crippen molar-refractivity contribution in [2.45, 2.75) is 58.7 Å². The van der Waals surface area contributed by atoms with Crippen LogP contribution in [0.4, 0.5) is 10.1 Å². The maximum Gasteiger partial charge on any atom is 0.243 e. The second-order valence-corrected chi connectivity index (χ2v) is 12.1. The first-order valence-electron chi connectivity index (χ1n) is 13.4. The fourth-order valence-electron chi connectivity index (χ4n) is 4.54. The zero-order valence-corrected chi connectivity index (χ0v) is 24.3. The van der Waals surface area contributed by atoms with Crippen LogP contribution in [0.15, 0.2) is 78.9 Å². The summed E-state index contributed by atoms with van der Waals surface area (Å²) < 4.78 is 40.4. The Morgan fingerprint density at radius 2 is 1.55 bits per heavy atom. The van der Waals surface area contributed by atoms with E-state index in [0.717, 1.165) is 27.3 Å². The quantitative estimate of drug-likeness (QED) is 0.320. The maximum absolute atomic E-state index is 14.4. The van der Waals surface area contributed by atoms with E-state index in [0.29, 0.717) is 6.42 Å². The second kappa shape index (κ2) is 14.1. The average molecular weight is 568 g/mol. The lowest BCUT2D eigenvalue weighted by Crippen LogP contribution is -2.52. The number of carbonyl (C=O) groups excluding carboxylic acids is 2. The molecule has 0 radical (unpaired) electrons. The van der Waals surface area contributed by atoms with E-state index in [1.807, 2.05) is 75.4 Å². The minimum atomic E-state index is -3.79. The molecule has 9 heteroatoms. The van der Waals surface area contributed by atoms with Gasteiger partial charge in [0.1, 0.15) is 11.9 Å². The van der Waals surface area contributed by atoms with Crippen LogP contribution < -0.4 is 9.62 Å². The van der Waals surface area contributed by atoms with Gasteiger partial charge in [-0.15, -0.1) is 0 Å². The highest BCUT2D eigenvalue weighted by Gasteiger charge is 2.31. The van der Waals surface area contributed by atoms with E-state index < -0.39 is 21.9 Å². The van der Waals surface area contributed by atoms with Gasteiger partial charge >= 0.3 is 0 Å². The number of sulfonamides is 1. The molecule has 0 bridgehead atoms. The summed E-state index contributed by atoms with van der Waals surface area (Å²) in [5, 5.41) is 2.96. The summed E-state index contributed by atoms with van der Waals surface area (Å²) in [4.78, 5) is 28.9. The molecule has 7 nitrogen and oxygen atoms in total. The Morgan fingerprint density at radius 1 is 0.925 bits per heavy atom. The summed E-state index contributed by atoms with van der Waals surface area (Å²) >= 11 is 0. The van der Waals surface area contributed by atoms with Crippen molar-refractivity contribution in [1.29, 1.82) is 0 Å². The molecule has 0 fully saturated rings. The van der Waals surface area contributed by atoms with E-state index in [4.69, 9.17) is 0 Å². The molecule has 40 heavy (non-hydrogen) atoms. The van der Waals surface area contributed by atoms with Crippen molar-refractivity contribution >= 4 is 27.5 Å². The van der Waals surface area contributed by atoms with E-state index in [-0.39, 0.29) is 49.5 Å². The number of benzene rings is 3. The minimum Gasteiger partial charge on any atom is -0.352 e. The van der Waals surface area contributed by atoms with Crippen LogP contribution in [0.3, 0.4) is 0 Å². The highest BCUT2D eigenvalue weighted by atomic mass is 32.2. The van der Waals surface area contributed by atoms with Crippen LogP contribution in [0.1, 0.15) is 43.4 Å². The number of hydrogen-bond acceptors (Lipinski definition) is 4. The first-order valence-corrected chi connectivity index (χ1v) is 15.2. The summed E-state index contributed by atoms with van der Waals surface area (Å²) in [5.74, 6) is -1.20. The average Bonchev–Trinajstić information content (AvgIpc) is 2.89. The predicted octanol–water partition coefficient (Wildman–Crippen LogP) is 4.85. The van der Waals surface area contributed by atoms with Crippen LogP contribution in [-0.4, -0.2) is 50.0 Å². The van der Waals surface area contributed by atoms with Crippen LogP contribution >= 0.6 is 0 Å². The summed E-state index contributed by atoms with van der Waals surface area (Å²) in [7, 11) is -3.79. The third kappa shape index (κ3) is 8.64. The first-order chi connectivity index (χ1) is 19.0. The van der Waals surface area contributed by atoms with Gasteiger partial charge < -0.3 is 10.2 Å². The summed E-state index contributed by atoms with van der Waals surface area (Å²) in [6.45, 7) is 5.83. The first kappa shape index (κ1) is 30.8. The Morgan fingerprint density at radius 3 is 2.17 bits per heavy atom. The largest absolute Gasteiger partial charge is 0.352 e. The number of aryl methyl sites for hydroxylation is 1. The maximum atomic E-state index is 14.4. The molecule has 3 aromatic rings. The van der Waals surface area contributed by atoms with Gasteiger partial charge in [0, 0.05) is 32.0 Å². The normalized spacial score (nSPS) is 12.2. The summed E-state index contributed by atoms with van der Waals surface area (Å²) in [6, 6.07) is 22.0. The van der Waals surface area contributed by atoms with Gasteiger partial charge in [0.15, 0.2) is 0 Å². The summed E-state index contributed by atoms with van der Waals surface area (Å²) in [5.41, 5.74) is 2.76. The van der Waals surface area contributed by atoms with Gasteiger partial charge in [-0.2, -0.15) is 0 Å². The molecule has 2 amide bonds. The lowest BCUT2D eigenvalue weighted by Gasteiger charge is -2.33. The molecule has 3 rings (SSSR count). The highest BCUT2D eigenvalue weighted by molar-refractivity contribution is 7.92. The molecule has 0 spiro atoms. The van der Waals surface area contributed by atoms with Gasteiger partial charge in [-0.3, -0.25) is 13.9 Å². The Kier molecular flexibility index (Phi) is 10.8. The number of nitrogens with one attached hydrogen (secondary N) is 1. The van der Waals surface area contributed by atoms with Crippen LogP contribution in [0, 0.1) is 12.7 Å². The highest BCUT2D eigenvalue weighted by Crippen LogP contribution is 2.23. The zero-order chi connectivity index (χ0) is 29.3. The molecule has 3 aromatic carbocycles. The van der Waals surface area contributed by atoms with Crippen molar-refractivity contribution in [2.75, 3.05) is 17.1 Å². The Balaban J connectivity index is 1.90. The van der Waals surface area contributed by atoms with Crippen molar-refractivity contribution in [3.63, 3.8) is 0 Å². The zero-order valence-electron chi connectivity index (χ0n) is 23.5. The number of amides is 2. The molecule has 0 saturated heterocycles. The van der Waals surface area contributed by atoms with Crippen molar-refractivity contribution in [2.24, 2.45) is 0 Å². The van der Waals surface area contributed by atoms with Gasteiger partial charge in [0.2, 0.25) is 21.8 Å². The van der Waals surface area contributed by atoms with Crippen LogP contribution in [0.2, 0.25) is 0 Å². The molecule has 214 valence electrons. The van der Waals surface area contributed by atoms with E-state index >= 15 is 0 Å². The molecule has 0 aromatic heterocycles.